The minimum atomic E-state index is -1.15. The highest BCUT2D eigenvalue weighted by Crippen LogP contribution is 2.36. The lowest BCUT2D eigenvalue weighted by molar-refractivity contribution is -0.130. The van der Waals surface area contributed by atoms with Gasteiger partial charge in [-0.3, -0.25) is 19.5 Å². The van der Waals surface area contributed by atoms with Gasteiger partial charge in [-0.1, -0.05) is 18.2 Å². The van der Waals surface area contributed by atoms with Crippen molar-refractivity contribution in [2.75, 3.05) is 19.1 Å². The van der Waals surface area contributed by atoms with Crippen LogP contribution in [-0.2, 0) is 4.79 Å². The molecule has 33 heavy (non-hydrogen) atoms. The third-order valence-electron chi connectivity index (χ3n) is 5.73. The summed E-state index contributed by atoms with van der Waals surface area (Å²) in [6.45, 7) is 1.72. The molecule has 168 valence electrons. The number of amides is 2. The fourth-order valence-corrected chi connectivity index (χ4v) is 3.78. The Balaban J connectivity index is 1.64. The lowest BCUT2D eigenvalue weighted by Crippen LogP contribution is -2.80. The first-order valence-corrected chi connectivity index (χ1v) is 10.5. The van der Waals surface area contributed by atoms with Crippen molar-refractivity contribution < 1.29 is 19.1 Å². The number of methoxy groups -OCH3 is 2. The Morgan fingerprint density at radius 3 is 2.09 bits per heavy atom. The minimum absolute atomic E-state index is 0.219. The summed E-state index contributed by atoms with van der Waals surface area (Å²) in [5.41, 5.74) is 0.739. The molecule has 1 heterocycles. The molecule has 1 aliphatic heterocycles. The molecule has 2 amide bonds. The molecule has 1 fully saturated rings. The SMILES string of the molecule is COc1ccc(N=C[C@H]2N(c3ccc(OC)cc3)C(=O)[C@@]2(C)NC(=O)c2ccccc2)cc1. The second-order valence-corrected chi connectivity index (χ2v) is 7.82. The van der Waals surface area contributed by atoms with Crippen molar-refractivity contribution in [1.29, 1.82) is 0 Å². The van der Waals surface area contributed by atoms with Crippen molar-refractivity contribution in [2.45, 2.75) is 18.5 Å². The highest BCUT2D eigenvalue weighted by atomic mass is 16.5. The normalized spacial score (nSPS) is 19.8. The first-order valence-electron chi connectivity index (χ1n) is 10.5. The van der Waals surface area contributed by atoms with Gasteiger partial charge in [0.05, 0.1) is 19.9 Å². The molecule has 2 atom stereocenters. The number of nitrogens with zero attached hydrogens (tertiary/aromatic N) is 2. The van der Waals surface area contributed by atoms with Gasteiger partial charge in [-0.2, -0.15) is 0 Å². The largest absolute Gasteiger partial charge is 0.497 e. The predicted molar refractivity (Wildman–Crippen MR) is 128 cm³/mol. The lowest BCUT2D eigenvalue weighted by Gasteiger charge is -2.52. The second kappa shape index (κ2) is 9.16. The maximum atomic E-state index is 13.3. The quantitative estimate of drug-likeness (QED) is 0.442. The van der Waals surface area contributed by atoms with E-state index in [-0.39, 0.29) is 11.8 Å². The van der Waals surface area contributed by atoms with E-state index in [1.165, 1.54) is 0 Å². The summed E-state index contributed by atoms with van der Waals surface area (Å²) in [7, 11) is 3.19. The number of hydrogen-bond acceptors (Lipinski definition) is 5. The molecular weight excluding hydrogens is 418 g/mol. The molecular formula is C26H25N3O4. The Kier molecular flexibility index (Phi) is 6.13. The molecule has 1 saturated heterocycles. The monoisotopic (exact) mass is 443 g/mol. The third kappa shape index (κ3) is 4.30. The van der Waals surface area contributed by atoms with E-state index in [0.29, 0.717) is 22.7 Å². The van der Waals surface area contributed by atoms with Gasteiger partial charge in [0, 0.05) is 17.5 Å². The molecule has 0 aromatic heterocycles. The van der Waals surface area contributed by atoms with Crippen LogP contribution < -0.4 is 19.7 Å². The highest BCUT2D eigenvalue weighted by molar-refractivity contribution is 6.16. The zero-order chi connectivity index (χ0) is 23.4. The van der Waals surface area contributed by atoms with Gasteiger partial charge in [0.15, 0.2) is 0 Å². The first kappa shape index (κ1) is 22.1. The molecule has 0 saturated carbocycles. The number of β-lactam (4-membered cyclic amide) rings is 1. The van der Waals surface area contributed by atoms with E-state index in [9.17, 15) is 9.59 Å². The smallest absolute Gasteiger partial charge is 0.255 e. The van der Waals surface area contributed by atoms with E-state index in [4.69, 9.17) is 9.47 Å². The van der Waals surface area contributed by atoms with Crippen molar-refractivity contribution in [2.24, 2.45) is 4.99 Å². The predicted octanol–water partition coefficient (Wildman–Crippen LogP) is 4.01. The summed E-state index contributed by atoms with van der Waals surface area (Å²) in [6.07, 6.45) is 1.69. The number of benzene rings is 3. The average Bonchev–Trinajstić information content (AvgIpc) is 2.87. The fourth-order valence-electron chi connectivity index (χ4n) is 3.78. The molecule has 7 nitrogen and oxygen atoms in total. The molecule has 0 unspecified atom stereocenters. The van der Waals surface area contributed by atoms with E-state index in [1.807, 2.05) is 42.5 Å². The van der Waals surface area contributed by atoms with Crippen LogP contribution in [0.25, 0.3) is 0 Å². The number of nitrogens with one attached hydrogen (secondary N) is 1. The van der Waals surface area contributed by atoms with Gasteiger partial charge in [0.25, 0.3) is 11.8 Å². The van der Waals surface area contributed by atoms with Gasteiger partial charge in [0.2, 0.25) is 0 Å². The van der Waals surface area contributed by atoms with E-state index in [1.54, 1.807) is 68.7 Å². The van der Waals surface area contributed by atoms with E-state index in [0.717, 1.165) is 5.75 Å². The number of anilines is 1. The van der Waals surface area contributed by atoms with Gasteiger partial charge in [0.1, 0.15) is 23.1 Å². The van der Waals surface area contributed by atoms with E-state index < -0.39 is 11.6 Å². The summed E-state index contributed by atoms with van der Waals surface area (Å²) in [5, 5.41) is 2.92. The minimum Gasteiger partial charge on any atom is -0.497 e. The zero-order valence-electron chi connectivity index (χ0n) is 18.7. The number of hydrogen-bond donors (Lipinski definition) is 1. The van der Waals surface area contributed by atoms with Gasteiger partial charge in [-0.15, -0.1) is 0 Å². The molecule has 0 aliphatic carbocycles. The Hall–Kier alpha value is -4.13. The average molecular weight is 444 g/mol. The molecule has 1 N–H and O–H groups in total. The zero-order valence-corrected chi connectivity index (χ0v) is 18.7. The Morgan fingerprint density at radius 1 is 0.939 bits per heavy atom. The van der Waals surface area contributed by atoms with Crippen LogP contribution in [0.1, 0.15) is 17.3 Å². The van der Waals surface area contributed by atoms with Crippen LogP contribution in [0.5, 0.6) is 11.5 Å². The maximum Gasteiger partial charge on any atom is 0.255 e. The van der Waals surface area contributed by atoms with Crippen molar-refractivity contribution in [3.63, 3.8) is 0 Å². The molecule has 3 aromatic carbocycles. The van der Waals surface area contributed by atoms with Crippen LogP contribution in [0.15, 0.2) is 83.9 Å². The van der Waals surface area contributed by atoms with Crippen molar-refractivity contribution >= 4 is 29.4 Å². The van der Waals surface area contributed by atoms with Gasteiger partial charge < -0.3 is 14.8 Å². The Bertz CT molecular complexity index is 1160. The van der Waals surface area contributed by atoms with Crippen LogP contribution >= 0.6 is 0 Å². The molecule has 0 spiro atoms. The van der Waals surface area contributed by atoms with Crippen LogP contribution in [0.4, 0.5) is 11.4 Å². The van der Waals surface area contributed by atoms with Gasteiger partial charge in [-0.25, -0.2) is 0 Å². The summed E-state index contributed by atoms with van der Waals surface area (Å²) in [4.78, 5) is 32.4. The first-order chi connectivity index (χ1) is 16.0. The second-order valence-electron chi connectivity index (χ2n) is 7.82. The summed E-state index contributed by atoms with van der Waals surface area (Å²) in [5.74, 6) is 0.884. The Labute approximate surface area is 192 Å². The van der Waals surface area contributed by atoms with Crippen LogP contribution in [0.3, 0.4) is 0 Å². The molecule has 1 aliphatic rings. The molecule has 4 rings (SSSR count). The summed E-state index contributed by atoms with van der Waals surface area (Å²) < 4.78 is 10.4. The number of carbonyl (C=O) groups excluding carboxylic acids is 2. The summed E-state index contributed by atoms with van der Waals surface area (Å²) in [6, 6.07) is 22.8. The molecule has 3 aromatic rings. The van der Waals surface area contributed by atoms with E-state index in [2.05, 4.69) is 10.3 Å². The molecule has 0 radical (unpaired) electrons. The number of aliphatic imine (C=N–C) groups is 1. The van der Waals surface area contributed by atoms with Gasteiger partial charge in [-0.05, 0) is 67.6 Å². The van der Waals surface area contributed by atoms with Crippen LogP contribution in [0, 0.1) is 0 Å². The molecule has 0 bridgehead atoms. The van der Waals surface area contributed by atoms with E-state index >= 15 is 0 Å². The number of rotatable bonds is 7. The standard InChI is InChI=1S/C26H25N3O4/c1-26(28-24(30)18-7-5-4-6-8-18)23(17-27-19-9-13-21(32-2)14-10-19)29(25(26)31)20-11-15-22(33-3)16-12-20/h4-17,23H,1-3H3,(H,28,30)/t23-,26+/m1/s1. The highest BCUT2D eigenvalue weighted by Gasteiger charge is 2.58. The van der Waals surface area contributed by atoms with Gasteiger partial charge >= 0.3 is 0 Å². The van der Waals surface area contributed by atoms with Crippen LogP contribution in [0.2, 0.25) is 0 Å². The van der Waals surface area contributed by atoms with Crippen molar-refractivity contribution in [3.8, 4) is 11.5 Å². The molecule has 7 heteroatoms. The van der Waals surface area contributed by atoms with Crippen molar-refractivity contribution in [3.05, 3.63) is 84.4 Å². The third-order valence-corrected chi connectivity index (χ3v) is 5.73. The number of carbonyl (C=O) groups is 2. The fraction of sp³-hybridized carbons (Fsp3) is 0.192. The van der Waals surface area contributed by atoms with Crippen LogP contribution in [-0.4, -0.2) is 43.8 Å². The maximum absolute atomic E-state index is 13.3. The van der Waals surface area contributed by atoms with Crippen molar-refractivity contribution in [1.82, 2.24) is 5.32 Å². The topological polar surface area (TPSA) is 80.2 Å². The number of ether oxygens (including phenoxy) is 2. The lowest BCUT2D eigenvalue weighted by atomic mass is 9.80. The Morgan fingerprint density at radius 2 is 1.52 bits per heavy atom. The summed E-state index contributed by atoms with van der Waals surface area (Å²) >= 11 is 0.